The summed E-state index contributed by atoms with van der Waals surface area (Å²) in [6, 6.07) is 9.12. The quantitative estimate of drug-likeness (QED) is 0.837. The van der Waals surface area contributed by atoms with E-state index in [2.05, 4.69) is 10.3 Å². The maximum absolute atomic E-state index is 12.2. The highest BCUT2D eigenvalue weighted by molar-refractivity contribution is 6.30. The predicted octanol–water partition coefficient (Wildman–Crippen LogP) is 2.23. The van der Waals surface area contributed by atoms with Gasteiger partial charge in [0.1, 0.15) is 11.7 Å². The van der Waals surface area contributed by atoms with Crippen LogP contribution in [0.4, 0.5) is 5.69 Å². The van der Waals surface area contributed by atoms with Crippen LogP contribution in [0.2, 0.25) is 5.02 Å². The maximum atomic E-state index is 12.2. The molecule has 0 bridgehead atoms. The number of amides is 1. The van der Waals surface area contributed by atoms with E-state index in [4.69, 9.17) is 11.6 Å². The summed E-state index contributed by atoms with van der Waals surface area (Å²) in [6.45, 7) is 0. The van der Waals surface area contributed by atoms with Crippen molar-refractivity contribution in [3.8, 4) is 0 Å². The molecule has 6 nitrogen and oxygen atoms in total. The number of carboxylic acid groups (broad SMARTS) is 1. The largest absolute Gasteiger partial charge is 0.480 e. The van der Waals surface area contributed by atoms with Crippen LogP contribution >= 0.6 is 11.6 Å². The molecule has 2 N–H and O–H groups in total. The van der Waals surface area contributed by atoms with Crippen LogP contribution in [0.1, 0.15) is 16.1 Å². The van der Waals surface area contributed by atoms with Crippen LogP contribution in [-0.4, -0.2) is 42.1 Å². The molecular weight excluding hydrogens is 330 g/mol. The summed E-state index contributed by atoms with van der Waals surface area (Å²) in [4.78, 5) is 29.6. The molecule has 1 atom stereocenters. The van der Waals surface area contributed by atoms with Crippen molar-refractivity contribution in [1.29, 1.82) is 0 Å². The molecule has 0 saturated carbocycles. The second-order valence-corrected chi connectivity index (χ2v) is 5.93. The second kappa shape index (κ2) is 7.79. The number of nitrogens with one attached hydrogen (secondary N) is 1. The van der Waals surface area contributed by atoms with E-state index < -0.39 is 17.9 Å². The smallest absolute Gasteiger partial charge is 0.326 e. The fourth-order valence-electron chi connectivity index (χ4n) is 2.12. The van der Waals surface area contributed by atoms with Gasteiger partial charge in [-0.25, -0.2) is 9.78 Å². The Hall–Kier alpha value is -2.60. The molecule has 126 valence electrons. The van der Waals surface area contributed by atoms with Crippen molar-refractivity contribution in [2.75, 3.05) is 19.0 Å². The third kappa shape index (κ3) is 4.70. The minimum Gasteiger partial charge on any atom is -0.480 e. The van der Waals surface area contributed by atoms with E-state index in [1.165, 1.54) is 0 Å². The zero-order chi connectivity index (χ0) is 17.7. The molecule has 0 aliphatic carbocycles. The Morgan fingerprint density at radius 1 is 1.29 bits per heavy atom. The summed E-state index contributed by atoms with van der Waals surface area (Å²) in [7, 11) is 3.73. The third-order valence-corrected chi connectivity index (χ3v) is 3.66. The van der Waals surface area contributed by atoms with Gasteiger partial charge >= 0.3 is 5.97 Å². The number of pyridine rings is 1. The van der Waals surface area contributed by atoms with Gasteiger partial charge in [0.2, 0.25) is 0 Å². The van der Waals surface area contributed by atoms with E-state index in [1.54, 1.807) is 42.6 Å². The zero-order valence-corrected chi connectivity index (χ0v) is 14.1. The van der Waals surface area contributed by atoms with Crippen LogP contribution in [0, 0.1) is 0 Å². The molecule has 0 saturated heterocycles. The standard InChI is InChI=1S/C17H18ClN3O3/c1-21(2)13-6-7-14(19-10-13)16(22)20-15(17(23)24)9-11-4-3-5-12(18)8-11/h3-8,10,15H,9H2,1-2H3,(H,20,22)(H,23,24). The number of benzene rings is 1. The van der Waals surface area contributed by atoms with Crippen LogP contribution in [0.3, 0.4) is 0 Å². The number of hydrogen-bond acceptors (Lipinski definition) is 4. The molecule has 1 aromatic carbocycles. The molecule has 2 aromatic rings. The van der Waals surface area contributed by atoms with Crippen molar-refractivity contribution in [3.63, 3.8) is 0 Å². The fourth-order valence-corrected chi connectivity index (χ4v) is 2.33. The monoisotopic (exact) mass is 347 g/mol. The SMILES string of the molecule is CN(C)c1ccc(C(=O)NC(Cc2cccc(Cl)c2)C(=O)O)nc1. The number of aromatic nitrogens is 1. The molecule has 2 rings (SSSR count). The highest BCUT2D eigenvalue weighted by Crippen LogP contribution is 2.13. The first-order valence-electron chi connectivity index (χ1n) is 7.28. The number of carbonyl (C=O) groups is 2. The maximum Gasteiger partial charge on any atom is 0.326 e. The fraction of sp³-hybridized carbons (Fsp3) is 0.235. The first-order valence-corrected chi connectivity index (χ1v) is 7.66. The summed E-state index contributed by atoms with van der Waals surface area (Å²) in [5.41, 5.74) is 1.74. The Morgan fingerprint density at radius 2 is 2.04 bits per heavy atom. The molecule has 1 heterocycles. The Labute approximate surface area is 145 Å². The van der Waals surface area contributed by atoms with Gasteiger partial charge in [0.05, 0.1) is 11.9 Å². The van der Waals surface area contributed by atoms with Crippen molar-refractivity contribution in [3.05, 3.63) is 58.9 Å². The van der Waals surface area contributed by atoms with Crippen LogP contribution < -0.4 is 10.2 Å². The van der Waals surface area contributed by atoms with Crippen molar-refractivity contribution < 1.29 is 14.7 Å². The summed E-state index contributed by atoms with van der Waals surface area (Å²) < 4.78 is 0. The predicted molar refractivity (Wildman–Crippen MR) is 92.6 cm³/mol. The summed E-state index contributed by atoms with van der Waals surface area (Å²) in [6.07, 6.45) is 1.69. The van der Waals surface area contributed by atoms with Crippen LogP contribution in [0.25, 0.3) is 0 Å². The van der Waals surface area contributed by atoms with Gasteiger partial charge in [-0.1, -0.05) is 23.7 Å². The first-order chi connectivity index (χ1) is 11.4. The van der Waals surface area contributed by atoms with E-state index in [0.717, 1.165) is 11.3 Å². The van der Waals surface area contributed by atoms with Crippen LogP contribution in [0.15, 0.2) is 42.6 Å². The van der Waals surface area contributed by atoms with Gasteiger partial charge in [0, 0.05) is 25.5 Å². The highest BCUT2D eigenvalue weighted by atomic mass is 35.5. The third-order valence-electron chi connectivity index (χ3n) is 3.43. The lowest BCUT2D eigenvalue weighted by Gasteiger charge is -2.15. The summed E-state index contributed by atoms with van der Waals surface area (Å²) >= 11 is 5.90. The summed E-state index contributed by atoms with van der Waals surface area (Å²) in [5, 5.41) is 12.4. The van der Waals surface area contributed by atoms with E-state index in [1.807, 2.05) is 19.0 Å². The Kier molecular flexibility index (Phi) is 5.76. The molecule has 1 amide bonds. The summed E-state index contributed by atoms with van der Waals surface area (Å²) in [5.74, 6) is -1.65. The molecular formula is C17H18ClN3O3. The number of rotatable bonds is 6. The Balaban J connectivity index is 2.09. The minimum atomic E-state index is -1.12. The zero-order valence-electron chi connectivity index (χ0n) is 13.4. The topological polar surface area (TPSA) is 82.5 Å². The molecule has 1 unspecified atom stereocenters. The lowest BCUT2D eigenvalue weighted by atomic mass is 10.1. The number of carboxylic acids is 1. The molecule has 24 heavy (non-hydrogen) atoms. The molecule has 0 radical (unpaired) electrons. The van der Waals surface area contributed by atoms with E-state index >= 15 is 0 Å². The van der Waals surface area contributed by atoms with E-state index in [9.17, 15) is 14.7 Å². The average molecular weight is 348 g/mol. The molecule has 0 fully saturated rings. The van der Waals surface area contributed by atoms with E-state index in [-0.39, 0.29) is 12.1 Å². The number of carbonyl (C=O) groups excluding carboxylic acids is 1. The van der Waals surface area contributed by atoms with Crippen molar-refractivity contribution in [2.24, 2.45) is 0 Å². The van der Waals surface area contributed by atoms with Gasteiger partial charge in [-0.3, -0.25) is 4.79 Å². The first kappa shape index (κ1) is 17.7. The van der Waals surface area contributed by atoms with Crippen LogP contribution in [-0.2, 0) is 11.2 Å². The lowest BCUT2D eigenvalue weighted by Crippen LogP contribution is -2.42. The Bertz CT molecular complexity index is 732. The molecule has 0 aliphatic rings. The van der Waals surface area contributed by atoms with Gasteiger partial charge < -0.3 is 15.3 Å². The lowest BCUT2D eigenvalue weighted by molar-refractivity contribution is -0.139. The normalized spacial score (nSPS) is 11.6. The van der Waals surface area contributed by atoms with Crippen LogP contribution in [0.5, 0.6) is 0 Å². The van der Waals surface area contributed by atoms with Gasteiger partial charge in [0.25, 0.3) is 5.91 Å². The number of hydrogen-bond donors (Lipinski definition) is 2. The van der Waals surface area contributed by atoms with Gasteiger partial charge in [-0.2, -0.15) is 0 Å². The van der Waals surface area contributed by atoms with Gasteiger partial charge in [-0.15, -0.1) is 0 Å². The number of halogens is 1. The number of nitrogens with zero attached hydrogens (tertiary/aromatic N) is 2. The highest BCUT2D eigenvalue weighted by Gasteiger charge is 2.22. The van der Waals surface area contributed by atoms with Gasteiger partial charge in [-0.05, 0) is 29.8 Å². The Morgan fingerprint density at radius 3 is 2.58 bits per heavy atom. The number of aliphatic carboxylic acids is 1. The van der Waals surface area contributed by atoms with E-state index in [0.29, 0.717) is 5.02 Å². The molecule has 1 aromatic heterocycles. The van der Waals surface area contributed by atoms with Gasteiger partial charge in [0.15, 0.2) is 0 Å². The molecule has 0 aliphatic heterocycles. The number of anilines is 1. The van der Waals surface area contributed by atoms with Crippen molar-refractivity contribution in [1.82, 2.24) is 10.3 Å². The average Bonchev–Trinajstić information content (AvgIpc) is 2.54. The van der Waals surface area contributed by atoms with Crippen molar-refractivity contribution in [2.45, 2.75) is 12.5 Å². The minimum absolute atomic E-state index is 0.136. The van der Waals surface area contributed by atoms with Crippen molar-refractivity contribution >= 4 is 29.2 Å². The molecule has 0 spiro atoms. The second-order valence-electron chi connectivity index (χ2n) is 5.49. The molecule has 7 heteroatoms.